The summed E-state index contributed by atoms with van der Waals surface area (Å²) in [4.78, 5) is 13.7. The number of carbonyl (C=O) groups excluding carboxylic acids is 1. The number of primary amides is 1. The number of hydrogen-bond donors (Lipinski definition) is 2. The molecular weight excluding hydrogens is 254 g/mol. The smallest absolute Gasteiger partial charge is 0.234 e. The third-order valence-electron chi connectivity index (χ3n) is 3.90. The molecule has 0 aromatic heterocycles. The molecule has 1 aliphatic heterocycles. The molecule has 0 bridgehead atoms. The molecule has 1 heterocycles. The first-order valence-corrected chi connectivity index (χ1v) is 7.05. The summed E-state index contributed by atoms with van der Waals surface area (Å²) in [6, 6.07) is 5.77. The average Bonchev–Trinajstić information content (AvgIpc) is 2.47. The number of amides is 1. The summed E-state index contributed by atoms with van der Waals surface area (Å²) in [5.74, 6) is 0.592. The van der Waals surface area contributed by atoms with Gasteiger partial charge in [-0.05, 0) is 37.1 Å². The minimum absolute atomic E-state index is 0.171. The first kappa shape index (κ1) is 14.8. The van der Waals surface area contributed by atoms with Crippen LogP contribution in [-0.4, -0.2) is 30.5 Å². The predicted octanol–water partition coefficient (Wildman–Crippen LogP) is 0.994. The monoisotopic (exact) mass is 277 g/mol. The van der Waals surface area contributed by atoms with E-state index in [1.165, 1.54) is 0 Å². The van der Waals surface area contributed by atoms with Crippen LogP contribution in [0.2, 0.25) is 0 Å². The van der Waals surface area contributed by atoms with E-state index in [2.05, 4.69) is 4.90 Å². The lowest BCUT2D eigenvalue weighted by Gasteiger charge is -2.34. The van der Waals surface area contributed by atoms with Crippen LogP contribution in [-0.2, 0) is 17.9 Å². The Labute approximate surface area is 119 Å². The molecule has 110 valence electrons. The Balaban J connectivity index is 2.20. The summed E-state index contributed by atoms with van der Waals surface area (Å²) in [6.45, 7) is 2.06. The highest BCUT2D eigenvalue weighted by molar-refractivity contribution is 5.79. The fourth-order valence-corrected chi connectivity index (χ4v) is 2.80. The predicted molar refractivity (Wildman–Crippen MR) is 78.1 cm³/mol. The third-order valence-corrected chi connectivity index (χ3v) is 3.90. The summed E-state index contributed by atoms with van der Waals surface area (Å²) in [6.07, 6.45) is 3.00. The summed E-state index contributed by atoms with van der Waals surface area (Å²) in [5, 5.41) is 0. The van der Waals surface area contributed by atoms with Gasteiger partial charge in [-0.1, -0.05) is 12.5 Å². The van der Waals surface area contributed by atoms with Crippen LogP contribution >= 0.6 is 0 Å². The lowest BCUT2D eigenvalue weighted by Crippen LogP contribution is -2.47. The maximum absolute atomic E-state index is 11.6. The van der Waals surface area contributed by atoms with Crippen LogP contribution in [0.15, 0.2) is 18.2 Å². The van der Waals surface area contributed by atoms with E-state index in [1.54, 1.807) is 7.11 Å². The second kappa shape index (κ2) is 6.72. The topological polar surface area (TPSA) is 81.6 Å². The van der Waals surface area contributed by atoms with Crippen LogP contribution in [0.4, 0.5) is 0 Å². The highest BCUT2D eigenvalue weighted by atomic mass is 16.5. The fourth-order valence-electron chi connectivity index (χ4n) is 2.80. The number of ether oxygens (including phenoxy) is 1. The molecule has 1 fully saturated rings. The SMILES string of the molecule is COc1ccc(CN)cc1CN1CCCCC1C(N)=O. The normalized spacial score (nSPS) is 19.8. The second-order valence-electron chi connectivity index (χ2n) is 5.23. The highest BCUT2D eigenvalue weighted by Crippen LogP contribution is 2.25. The van der Waals surface area contributed by atoms with Gasteiger partial charge in [0.25, 0.3) is 0 Å². The molecule has 5 nitrogen and oxygen atoms in total. The number of nitrogens with zero attached hydrogens (tertiary/aromatic N) is 1. The van der Waals surface area contributed by atoms with Crippen LogP contribution in [0.3, 0.4) is 0 Å². The molecule has 1 aliphatic rings. The van der Waals surface area contributed by atoms with Crippen molar-refractivity contribution < 1.29 is 9.53 Å². The summed E-state index contributed by atoms with van der Waals surface area (Å²) in [7, 11) is 1.66. The van der Waals surface area contributed by atoms with E-state index in [0.717, 1.165) is 42.7 Å². The Bertz CT molecular complexity index is 476. The second-order valence-corrected chi connectivity index (χ2v) is 5.23. The number of methoxy groups -OCH3 is 1. The van der Waals surface area contributed by atoms with Crippen molar-refractivity contribution in [2.75, 3.05) is 13.7 Å². The van der Waals surface area contributed by atoms with Gasteiger partial charge in [-0.25, -0.2) is 0 Å². The first-order chi connectivity index (χ1) is 9.65. The number of benzene rings is 1. The number of rotatable bonds is 5. The van der Waals surface area contributed by atoms with Crippen molar-refractivity contribution in [1.29, 1.82) is 0 Å². The quantitative estimate of drug-likeness (QED) is 0.841. The molecule has 20 heavy (non-hydrogen) atoms. The number of likely N-dealkylation sites (tertiary alicyclic amines) is 1. The molecule has 0 radical (unpaired) electrons. The van der Waals surface area contributed by atoms with Crippen LogP contribution in [0.25, 0.3) is 0 Å². The maximum atomic E-state index is 11.6. The lowest BCUT2D eigenvalue weighted by atomic mass is 10.00. The molecule has 0 spiro atoms. The van der Waals surface area contributed by atoms with Crippen molar-refractivity contribution in [3.8, 4) is 5.75 Å². The van der Waals surface area contributed by atoms with Crippen molar-refractivity contribution in [2.45, 2.75) is 38.4 Å². The van der Waals surface area contributed by atoms with Crippen molar-refractivity contribution in [2.24, 2.45) is 11.5 Å². The van der Waals surface area contributed by atoms with Gasteiger partial charge in [-0.15, -0.1) is 0 Å². The maximum Gasteiger partial charge on any atom is 0.234 e. The Morgan fingerprint density at radius 1 is 1.45 bits per heavy atom. The van der Waals surface area contributed by atoms with Gasteiger partial charge in [0.15, 0.2) is 0 Å². The zero-order valence-corrected chi connectivity index (χ0v) is 12.0. The van der Waals surface area contributed by atoms with Gasteiger partial charge in [0, 0.05) is 18.7 Å². The van der Waals surface area contributed by atoms with Crippen molar-refractivity contribution >= 4 is 5.91 Å². The number of hydrogen-bond acceptors (Lipinski definition) is 4. The van der Waals surface area contributed by atoms with E-state index in [-0.39, 0.29) is 11.9 Å². The molecule has 1 aromatic rings. The Hall–Kier alpha value is -1.59. The molecule has 1 atom stereocenters. The van der Waals surface area contributed by atoms with Gasteiger partial charge >= 0.3 is 0 Å². The fraction of sp³-hybridized carbons (Fsp3) is 0.533. The molecule has 0 aliphatic carbocycles. The third kappa shape index (κ3) is 3.29. The standard InChI is InChI=1S/C15H23N3O2/c1-20-14-6-5-11(9-16)8-12(14)10-18-7-3-2-4-13(18)15(17)19/h5-6,8,13H,2-4,7,9-10,16H2,1H3,(H2,17,19). The van der Waals surface area contributed by atoms with Crippen molar-refractivity contribution in [1.82, 2.24) is 4.90 Å². The number of nitrogens with two attached hydrogens (primary N) is 2. The van der Waals surface area contributed by atoms with Crippen molar-refractivity contribution in [3.05, 3.63) is 29.3 Å². The molecule has 0 saturated carbocycles. The van der Waals surface area contributed by atoms with Crippen LogP contribution in [0, 0.1) is 0 Å². The van der Waals surface area contributed by atoms with E-state index in [4.69, 9.17) is 16.2 Å². The van der Waals surface area contributed by atoms with Crippen LogP contribution in [0.1, 0.15) is 30.4 Å². The number of carbonyl (C=O) groups is 1. The van der Waals surface area contributed by atoms with Gasteiger partial charge in [0.05, 0.1) is 13.2 Å². The van der Waals surface area contributed by atoms with Crippen molar-refractivity contribution in [3.63, 3.8) is 0 Å². The average molecular weight is 277 g/mol. The zero-order chi connectivity index (χ0) is 14.5. The van der Waals surface area contributed by atoms with E-state index in [0.29, 0.717) is 13.1 Å². The van der Waals surface area contributed by atoms with Gasteiger partial charge in [-0.3, -0.25) is 9.69 Å². The molecule has 4 N–H and O–H groups in total. The minimum Gasteiger partial charge on any atom is -0.496 e. The Morgan fingerprint density at radius 3 is 2.90 bits per heavy atom. The van der Waals surface area contributed by atoms with Crippen LogP contribution in [0.5, 0.6) is 5.75 Å². The molecule has 1 aromatic carbocycles. The van der Waals surface area contributed by atoms with E-state index in [9.17, 15) is 4.79 Å². The summed E-state index contributed by atoms with van der Waals surface area (Å²) < 4.78 is 5.40. The van der Waals surface area contributed by atoms with Crippen LogP contribution < -0.4 is 16.2 Å². The van der Waals surface area contributed by atoms with E-state index < -0.39 is 0 Å². The van der Waals surface area contributed by atoms with Gasteiger partial charge in [0.2, 0.25) is 5.91 Å². The van der Waals surface area contributed by atoms with E-state index in [1.807, 2.05) is 18.2 Å². The Morgan fingerprint density at radius 2 is 2.25 bits per heavy atom. The molecule has 1 amide bonds. The first-order valence-electron chi connectivity index (χ1n) is 7.05. The molecule has 5 heteroatoms. The van der Waals surface area contributed by atoms with E-state index >= 15 is 0 Å². The highest BCUT2D eigenvalue weighted by Gasteiger charge is 2.27. The number of piperidine rings is 1. The minimum atomic E-state index is -0.237. The lowest BCUT2D eigenvalue weighted by molar-refractivity contribution is -0.124. The molecule has 2 rings (SSSR count). The molecular formula is C15H23N3O2. The summed E-state index contributed by atoms with van der Waals surface area (Å²) >= 11 is 0. The zero-order valence-electron chi connectivity index (χ0n) is 12.0. The molecule has 1 saturated heterocycles. The summed E-state index contributed by atoms with van der Waals surface area (Å²) in [5.41, 5.74) is 13.3. The van der Waals surface area contributed by atoms with Gasteiger partial charge in [-0.2, -0.15) is 0 Å². The molecule has 1 unspecified atom stereocenters. The van der Waals surface area contributed by atoms with Gasteiger partial charge in [0.1, 0.15) is 5.75 Å². The largest absolute Gasteiger partial charge is 0.496 e. The van der Waals surface area contributed by atoms with Gasteiger partial charge < -0.3 is 16.2 Å². The Kier molecular flexibility index (Phi) is 4.98.